The highest BCUT2D eigenvalue weighted by molar-refractivity contribution is 6.49. The van der Waals surface area contributed by atoms with Crippen LogP contribution in [0.3, 0.4) is 0 Å². The lowest BCUT2D eigenvalue weighted by atomic mass is 10.3. The van der Waals surface area contributed by atoms with Crippen molar-refractivity contribution in [3.63, 3.8) is 0 Å². The third-order valence-corrected chi connectivity index (χ3v) is 2.32. The molecule has 90 valence electrons. The number of benzene rings is 2. The van der Waals surface area contributed by atoms with Crippen LogP contribution in [0.5, 0.6) is 5.75 Å². The zero-order chi connectivity index (χ0) is 12.5. The van der Waals surface area contributed by atoms with Crippen molar-refractivity contribution >= 4 is 29.2 Å². The average molecular weight is 270 g/mol. The monoisotopic (exact) mass is 269 g/mol. The Labute approximate surface area is 112 Å². The molecule has 17 heavy (non-hydrogen) atoms. The van der Waals surface area contributed by atoms with E-state index in [0.29, 0.717) is 0 Å². The van der Waals surface area contributed by atoms with Gasteiger partial charge >= 0.3 is 0 Å². The number of methoxy groups -OCH3 is 1. The van der Waals surface area contributed by atoms with E-state index in [-0.39, 0.29) is 0 Å². The van der Waals surface area contributed by atoms with E-state index in [2.05, 4.69) is 0 Å². The maximum absolute atomic E-state index is 5.40. The molecular weight excluding hydrogens is 257 g/mol. The van der Waals surface area contributed by atoms with Crippen LogP contribution < -0.4 is 8.67 Å². The van der Waals surface area contributed by atoms with Gasteiger partial charge in [-0.1, -0.05) is 36.4 Å². The Morgan fingerprint density at radius 1 is 0.824 bits per heavy atom. The van der Waals surface area contributed by atoms with E-state index in [1.807, 2.05) is 60.7 Å². The van der Waals surface area contributed by atoms with Crippen molar-refractivity contribution in [2.75, 3.05) is 11.0 Å². The van der Waals surface area contributed by atoms with Gasteiger partial charge in [0.25, 0.3) is 0 Å². The van der Waals surface area contributed by atoms with E-state index in [9.17, 15) is 0 Å². The molecule has 0 unspecified atom stereocenters. The predicted octanol–water partition coefficient (Wildman–Crippen LogP) is 4.50. The Morgan fingerprint density at radius 2 is 1.29 bits per heavy atom. The summed E-state index contributed by atoms with van der Waals surface area (Å²) in [7, 11) is 1.66. The fourth-order valence-electron chi connectivity index (χ4n) is 1.10. The minimum Gasteiger partial charge on any atom is -0.497 e. The van der Waals surface area contributed by atoms with Crippen molar-refractivity contribution in [2.24, 2.45) is 0 Å². The van der Waals surface area contributed by atoms with E-state index in [4.69, 9.17) is 28.3 Å². The average Bonchev–Trinajstić information content (AvgIpc) is 2.41. The van der Waals surface area contributed by atoms with Gasteiger partial charge in [-0.2, -0.15) is 3.94 Å². The van der Waals surface area contributed by atoms with Gasteiger partial charge in [-0.15, -0.1) is 0 Å². The largest absolute Gasteiger partial charge is 0.497 e. The van der Waals surface area contributed by atoms with Gasteiger partial charge in [-0.25, -0.2) is 0 Å². The molecule has 0 saturated carbocycles. The van der Waals surface area contributed by atoms with Gasteiger partial charge in [-0.05, 0) is 24.3 Å². The molecule has 2 nitrogen and oxygen atoms in total. The summed E-state index contributed by atoms with van der Waals surface area (Å²) in [5, 5.41) is 0. The third kappa shape index (κ3) is 5.48. The molecule has 4 heteroatoms. The van der Waals surface area contributed by atoms with E-state index in [0.717, 1.165) is 15.4 Å². The van der Waals surface area contributed by atoms with Crippen LogP contribution >= 0.6 is 23.6 Å². The number of nitrogens with zero attached hydrogens (tertiary/aromatic N) is 1. The Morgan fingerprint density at radius 3 is 1.59 bits per heavy atom. The molecule has 2 aromatic carbocycles. The molecule has 0 spiro atoms. The van der Waals surface area contributed by atoms with E-state index in [1.165, 1.54) is 0 Å². The molecule has 0 amide bonds. The Kier molecular flexibility index (Phi) is 6.30. The van der Waals surface area contributed by atoms with Crippen molar-refractivity contribution in [1.29, 1.82) is 0 Å². The normalized spacial score (nSPS) is 8.88. The van der Waals surface area contributed by atoms with Crippen LogP contribution in [0.1, 0.15) is 0 Å². The summed E-state index contributed by atoms with van der Waals surface area (Å²) in [6, 6.07) is 19.0. The molecule has 0 saturated heterocycles. The lowest BCUT2D eigenvalue weighted by Crippen LogP contribution is -1.89. The predicted molar refractivity (Wildman–Crippen MR) is 73.6 cm³/mol. The first-order valence-electron chi connectivity index (χ1n) is 5.00. The van der Waals surface area contributed by atoms with Crippen LogP contribution in [-0.2, 0) is 0 Å². The second-order valence-electron chi connectivity index (χ2n) is 3.09. The summed E-state index contributed by atoms with van der Waals surface area (Å²) >= 11 is 10.8. The molecule has 0 N–H and O–H groups in total. The summed E-state index contributed by atoms with van der Waals surface area (Å²) in [6.45, 7) is 0. The van der Waals surface area contributed by atoms with Crippen LogP contribution in [0, 0.1) is 0 Å². The van der Waals surface area contributed by atoms with E-state index in [1.54, 1.807) is 7.11 Å². The standard InChI is InChI=1S/C7H8O.C6H5Cl2N/c1-8-7-5-3-2-4-6-7;7-9(8)6-4-2-1-3-5-6/h2-6H,1H3;1-5H. The topological polar surface area (TPSA) is 12.5 Å². The van der Waals surface area contributed by atoms with Gasteiger partial charge in [0, 0.05) is 23.6 Å². The first-order valence-corrected chi connectivity index (χ1v) is 5.67. The fraction of sp³-hybridized carbons (Fsp3) is 0.0769. The number of rotatable bonds is 2. The van der Waals surface area contributed by atoms with Crippen molar-refractivity contribution in [2.45, 2.75) is 0 Å². The van der Waals surface area contributed by atoms with Crippen LogP contribution in [0.4, 0.5) is 5.69 Å². The molecule has 0 radical (unpaired) electrons. The van der Waals surface area contributed by atoms with E-state index < -0.39 is 0 Å². The van der Waals surface area contributed by atoms with Crippen molar-refractivity contribution in [3.8, 4) is 5.75 Å². The first kappa shape index (κ1) is 13.7. The molecule has 0 aliphatic carbocycles. The molecule has 2 aromatic rings. The number of ether oxygens (including phenoxy) is 1. The minimum absolute atomic E-state index is 0.779. The number of hydrogen-bond donors (Lipinski definition) is 0. The number of para-hydroxylation sites is 2. The van der Waals surface area contributed by atoms with Gasteiger partial charge in [-0.3, -0.25) is 0 Å². The molecular formula is C13H13Cl2NO. The van der Waals surface area contributed by atoms with Crippen molar-refractivity contribution in [1.82, 2.24) is 0 Å². The SMILES string of the molecule is COc1ccccc1.ClN(Cl)c1ccccc1. The number of hydrogen-bond acceptors (Lipinski definition) is 2. The van der Waals surface area contributed by atoms with E-state index >= 15 is 0 Å². The first-order chi connectivity index (χ1) is 8.24. The summed E-state index contributed by atoms with van der Waals surface area (Å²) in [5.74, 6) is 0.910. The Balaban J connectivity index is 0.000000171. The third-order valence-electron chi connectivity index (χ3n) is 1.93. The van der Waals surface area contributed by atoms with Crippen LogP contribution in [0.2, 0.25) is 0 Å². The van der Waals surface area contributed by atoms with Crippen molar-refractivity contribution < 1.29 is 4.74 Å². The number of anilines is 1. The molecule has 0 atom stereocenters. The summed E-state index contributed by atoms with van der Waals surface area (Å²) in [6.07, 6.45) is 0. The lowest BCUT2D eigenvalue weighted by molar-refractivity contribution is 0.415. The fourth-order valence-corrected chi connectivity index (χ4v) is 1.32. The summed E-state index contributed by atoms with van der Waals surface area (Å²) in [5.41, 5.74) is 0.779. The molecule has 2 rings (SSSR count). The van der Waals surface area contributed by atoms with Crippen LogP contribution in [0.15, 0.2) is 60.7 Å². The Hall–Kier alpha value is -1.38. The molecule has 0 aliphatic heterocycles. The van der Waals surface area contributed by atoms with Gasteiger partial charge in [0.2, 0.25) is 0 Å². The summed E-state index contributed by atoms with van der Waals surface area (Å²) < 4.78 is 5.94. The van der Waals surface area contributed by atoms with Crippen molar-refractivity contribution in [3.05, 3.63) is 60.7 Å². The Bertz CT molecular complexity index is 406. The van der Waals surface area contributed by atoms with Gasteiger partial charge in [0.15, 0.2) is 0 Å². The van der Waals surface area contributed by atoms with Gasteiger partial charge in [0.05, 0.1) is 12.8 Å². The van der Waals surface area contributed by atoms with Gasteiger partial charge < -0.3 is 4.74 Å². The number of halogens is 2. The molecule has 0 heterocycles. The molecule has 0 fully saturated rings. The zero-order valence-electron chi connectivity index (χ0n) is 9.38. The second-order valence-corrected chi connectivity index (χ2v) is 3.93. The highest BCUT2D eigenvalue weighted by Gasteiger charge is 1.93. The maximum Gasteiger partial charge on any atom is 0.118 e. The highest BCUT2D eigenvalue weighted by atomic mass is 35.5. The smallest absolute Gasteiger partial charge is 0.118 e. The molecule has 0 aliphatic rings. The van der Waals surface area contributed by atoms with Crippen LogP contribution in [-0.4, -0.2) is 7.11 Å². The maximum atomic E-state index is 5.40. The zero-order valence-corrected chi connectivity index (χ0v) is 10.9. The highest BCUT2D eigenvalue weighted by Crippen LogP contribution is 2.16. The molecule has 0 bridgehead atoms. The minimum atomic E-state index is 0.779. The lowest BCUT2D eigenvalue weighted by Gasteiger charge is -2.02. The second kappa shape index (κ2) is 7.82. The molecule has 0 aromatic heterocycles. The quantitative estimate of drug-likeness (QED) is 0.745. The van der Waals surface area contributed by atoms with Gasteiger partial charge in [0.1, 0.15) is 5.75 Å². The van der Waals surface area contributed by atoms with Crippen LogP contribution in [0.25, 0.3) is 0 Å². The summed E-state index contributed by atoms with van der Waals surface area (Å²) in [4.78, 5) is 0.